The lowest BCUT2D eigenvalue weighted by Gasteiger charge is -2.50. The number of nitrogens with two attached hydrogens (primary N) is 1. The summed E-state index contributed by atoms with van der Waals surface area (Å²) >= 11 is 6.28. The molecule has 34 heavy (non-hydrogen) atoms. The van der Waals surface area contributed by atoms with Gasteiger partial charge in [-0.15, -0.1) is 0 Å². The Labute approximate surface area is 202 Å². The molecule has 2 bridgehead atoms. The number of carbonyl (C=O) groups excluding carboxylic acids is 2. The van der Waals surface area contributed by atoms with Crippen LogP contribution in [-0.2, 0) is 11.3 Å². The zero-order valence-corrected chi connectivity index (χ0v) is 19.5. The highest BCUT2D eigenvalue weighted by molar-refractivity contribution is 6.34. The molecule has 4 rings (SSSR count). The molecule has 180 valence electrons. The molecule has 2 aromatic rings. The molecule has 4 N–H and O–H groups in total. The van der Waals surface area contributed by atoms with Gasteiger partial charge in [-0.25, -0.2) is 9.18 Å². The van der Waals surface area contributed by atoms with Gasteiger partial charge in [0.25, 0.3) is 0 Å². The van der Waals surface area contributed by atoms with Crippen LogP contribution in [0.25, 0.3) is 6.08 Å². The second kappa shape index (κ2) is 10.4. The van der Waals surface area contributed by atoms with E-state index in [2.05, 4.69) is 15.5 Å². The van der Waals surface area contributed by atoms with Crippen molar-refractivity contribution in [2.24, 2.45) is 5.73 Å². The van der Waals surface area contributed by atoms with Crippen molar-refractivity contribution in [3.8, 4) is 5.75 Å². The normalized spacial score (nSPS) is 20.4. The van der Waals surface area contributed by atoms with Gasteiger partial charge in [-0.2, -0.15) is 0 Å². The van der Waals surface area contributed by atoms with E-state index in [1.54, 1.807) is 30.3 Å². The fourth-order valence-electron chi connectivity index (χ4n) is 4.58. The van der Waals surface area contributed by atoms with E-state index >= 15 is 0 Å². The molecule has 2 heterocycles. The van der Waals surface area contributed by atoms with Crippen molar-refractivity contribution in [1.82, 2.24) is 15.1 Å². The van der Waals surface area contributed by atoms with E-state index in [0.29, 0.717) is 49.7 Å². The van der Waals surface area contributed by atoms with Gasteiger partial charge < -0.3 is 26.0 Å². The summed E-state index contributed by atoms with van der Waals surface area (Å²) in [5.74, 6) is 0.114. The van der Waals surface area contributed by atoms with E-state index in [9.17, 15) is 14.0 Å². The Balaban J connectivity index is 1.50. The fraction of sp³-hybridized carbons (Fsp3) is 0.333. The molecule has 10 heteroatoms. The second-order valence-corrected chi connectivity index (χ2v) is 8.84. The molecule has 0 saturated carbocycles. The van der Waals surface area contributed by atoms with Gasteiger partial charge in [0.05, 0.1) is 29.9 Å². The van der Waals surface area contributed by atoms with Crippen LogP contribution < -0.4 is 21.1 Å². The van der Waals surface area contributed by atoms with Crippen molar-refractivity contribution in [2.75, 3.05) is 38.6 Å². The van der Waals surface area contributed by atoms with E-state index < -0.39 is 6.03 Å². The second-order valence-electron chi connectivity index (χ2n) is 8.43. The van der Waals surface area contributed by atoms with Crippen LogP contribution in [0.5, 0.6) is 5.75 Å². The molecule has 0 aromatic heterocycles. The summed E-state index contributed by atoms with van der Waals surface area (Å²) in [5, 5.41) is 6.16. The molecule has 2 fully saturated rings. The third-order valence-corrected chi connectivity index (χ3v) is 6.34. The molecular weight excluding hydrogens is 461 g/mol. The Bertz CT molecular complexity index is 1080. The smallest absolute Gasteiger partial charge is 0.316 e. The number of nitrogens with one attached hydrogen (secondary N) is 2. The van der Waals surface area contributed by atoms with Gasteiger partial charge in [0, 0.05) is 50.4 Å². The van der Waals surface area contributed by atoms with E-state index in [4.69, 9.17) is 22.1 Å². The highest BCUT2D eigenvalue weighted by Gasteiger charge is 2.39. The number of fused-ring (bicyclic) bond motifs is 2. The minimum Gasteiger partial charge on any atom is -0.497 e. The third-order valence-electron chi connectivity index (χ3n) is 6.04. The first-order valence-corrected chi connectivity index (χ1v) is 11.3. The molecule has 2 saturated heterocycles. The number of methoxy groups -OCH3 is 1. The van der Waals surface area contributed by atoms with Crippen molar-refractivity contribution in [3.05, 3.63) is 64.4 Å². The minimum absolute atomic E-state index is 0.00205. The number of hydrogen-bond acceptors (Lipinski definition) is 5. The van der Waals surface area contributed by atoms with E-state index in [0.717, 1.165) is 5.56 Å². The van der Waals surface area contributed by atoms with E-state index in [1.165, 1.54) is 25.3 Å². The van der Waals surface area contributed by atoms with Crippen molar-refractivity contribution in [2.45, 2.75) is 18.6 Å². The lowest BCUT2D eigenvalue weighted by molar-refractivity contribution is -0.136. The minimum atomic E-state index is -0.758. The highest BCUT2D eigenvalue weighted by Crippen LogP contribution is 2.32. The number of urea groups is 1. The largest absolute Gasteiger partial charge is 0.497 e. The SMILES string of the molecule is COc1cc(Cl)c(NC(N)=O)c(C=CC(=O)N2C3CNCC2CN(Cc2ccc(F)cc2)C3)c1. The quantitative estimate of drug-likeness (QED) is 0.544. The maximum absolute atomic E-state index is 13.2. The number of rotatable bonds is 6. The predicted octanol–water partition coefficient (Wildman–Crippen LogP) is 2.68. The van der Waals surface area contributed by atoms with Crippen LogP contribution >= 0.6 is 11.6 Å². The van der Waals surface area contributed by atoms with Crippen molar-refractivity contribution < 1.29 is 18.7 Å². The molecular formula is C24H27ClFN5O3. The molecule has 0 spiro atoms. The van der Waals surface area contributed by atoms with Gasteiger partial charge >= 0.3 is 6.03 Å². The lowest BCUT2D eigenvalue weighted by Crippen LogP contribution is -2.68. The van der Waals surface area contributed by atoms with Crippen LogP contribution in [0.3, 0.4) is 0 Å². The van der Waals surface area contributed by atoms with Crippen LogP contribution in [0.15, 0.2) is 42.5 Å². The van der Waals surface area contributed by atoms with Crippen molar-refractivity contribution in [3.63, 3.8) is 0 Å². The van der Waals surface area contributed by atoms with Gasteiger partial charge in [0.1, 0.15) is 11.6 Å². The fourth-order valence-corrected chi connectivity index (χ4v) is 4.84. The molecule has 2 atom stereocenters. The number of primary amides is 1. The van der Waals surface area contributed by atoms with Crippen LogP contribution in [0.2, 0.25) is 5.02 Å². The van der Waals surface area contributed by atoms with Gasteiger partial charge in [-0.3, -0.25) is 9.69 Å². The topological polar surface area (TPSA) is 99.9 Å². The molecule has 0 radical (unpaired) electrons. The number of amides is 3. The molecule has 2 aliphatic heterocycles. The zero-order valence-electron chi connectivity index (χ0n) is 18.8. The number of nitrogens with zero attached hydrogens (tertiary/aromatic N) is 2. The lowest BCUT2D eigenvalue weighted by atomic mass is 10.0. The first kappa shape index (κ1) is 24.0. The molecule has 2 aliphatic rings. The van der Waals surface area contributed by atoms with Crippen LogP contribution in [0, 0.1) is 5.82 Å². The number of carbonyl (C=O) groups is 2. The molecule has 3 amide bonds. The maximum atomic E-state index is 13.2. The Morgan fingerprint density at radius 1 is 1.24 bits per heavy atom. The average molecular weight is 488 g/mol. The molecule has 8 nitrogen and oxygen atoms in total. The number of anilines is 1. The van der Waals surface area contributed by atoms with Gasteiger partial charge in [0.2, 0.25) is 5.91 Å². The number of ether oxygens (including phenoxy) is 1. The summed E-state index contributed by atoms with van der Waals surface area (Å²) in [6.45, 7) is 3.50. The van der Waals surface area contributed by atoms with Crippen LogP contribution in [0.1, 0.15) is 11.1 Å². The Hall–Kier alpha value is -3.14. The Kier molecular flexibility index (Phi) is 7.35. The third kappa shape index (κ3) is 5.49. The molecule has 2 unspecified atom stereocenters. The van der Waals surface area contributed by atoms with Gasteiger partial charge in [-0.1, -0.05) is 23.7 Å². The van der Waals surface area contributed by atoms with E-state index in [1.807, 2.05) is 4.90 Å². The average Bonchev–Trinajstić information content (AvgIpc) is 2.79. The van der Waals surface area contributed by atoms with Gasteiger partial charge in [-0.05, 0) is 29.8 Å². The van der Waals surface area contributed by atoms with Gasteiger partial charge in [0.15, 0.2) is 0 Å². The summed E-state index contributed by atoms with van der Waals surface area (Å²) in [4.78, 5) is 28.9. The standard InChI is InChI=1S/C24H27ClFN5O3/c1-34-20-8-16(23(21(25)9-20)29-24(27)33)4-7-22(32)31-18-10-28-11-19(31)14-30(13-18)12-15-2-5-17(26)6-3-15/h2-9,18-19,28H,10-14H2,1H3,(H3,27,29,33). The van der Waals surface area contributed by atoms with E-state index in [-0.39, 0.29) is 28.8 Å². The summed E-state index contributed by atoms with van der Waals surface area (Å²) in [5.41, 5.74) is 7.13. The Morgan fingerprint density at radius 3 is 2.53 bits per heavy atom. The monoisotopic (exact) mass is 487 g/mol. The number of benzene rings is 2. The highest BCUT2D eigenvalue weighted by atomic mass is 35.5. The number of hydrogen-bond donors (Lipinski definition) is 3. The number of piperazine rings is 2. The summed E-state index contributed by atoms with van der Waals surface area (Å²) < 4.78 is 18.5. The first-order chi connectivity index (χ1) is 16.3. The maximum Gasteiger partial charge on any atom is 0.316 e. The zero-order chi connectivity index (χ0) is 24.2. The summed E-state index contributed by atoms with van der Waals surface area (Å²) in [6, 6.07) is 8.99. The molecule has 0 aliphatic carbocycles. The molecule has 2 aromatic carbocycles. The summed E-state index contributed by atoms with van der Waals surface area (Å²) in [6.07, 6.45) is 3.09. The van der Waals surface area contributed by atoms with Crippen molar-refractivity contribution >= 4 is 35.3 Å². The van der Waals surface area contributed by atoms with Crippen LogP contribution in [0.4, 0.5) is 14.9 Å². The Morgan fingerprint density at radius 2 is 1.91 bits per heavy atom. The first-order valence-electron chi connectivity index (χ1n) is 11.0. The summed E-state index contributed by atoms with van der Waals surface area (Å²) in [7, 11) is 1.51. The number of halogens is 2. The predicted molar refractivity (Wildman–Crippen MR) is 129 cm³/mol. The van der Waals surface area contributed by atoms with Crippen LogP contribution in [-0.4, -0.2) is 67.1 Å². The van der Waals surface area contributed by atoms with Crippen molar-refractivity contribution in [1.29, 1.82) is 0 Å².